The molecule has 0 spiro atoms. The quantitative estimate of drug-likeness (QED) is 0.924. The molecule has 0 unspecified atom stereocenters. The van der Waals surface area contributed by atoms with Crippen molar-refractivity contribution in [2.45, 2.75) is 12.8 Å². The van der Waals surface area contributed by atoms with Crippen molar-refractivity contribution in [3.8, 4) is 5.75 Å². The number of fused-ring (bicyclic) bond motifs is 1. The number of nitrogens with two attached hydrogens (primary N) is 1. The standard InChI is InChI=1S/C15H16N2O2S/c1-19-11-4-5-13-10(9-11)3-2-7-17(13)15(18)14-12(16)6-8-20-14/h4-6,8-9H,2-3,7,16H2,1H3. The molecule has 104 valence electrons. The third kappa shape index (κ3) is 2.14. The van der Waals surface area contributed by atoms with Gasteiger partial charge in [0.15, 0.2) is 0 Å². The Hall–Kier alpha value is -2.01. The Labute approximate surface area is 121 Å². The Morgan fingerprint density at radius 3 is 2.95 bits per heavy atom. The van der Waals surface area contributed by atoms with E-state index in [0.717, 1.165) is 36.4 Å². The largest absolute Gasteiger partial charge is 0.497 e. The van der Waals surface area contributed by atoms with Crippen molar-refractivity contribution in [1.82, 2.24) is 0 Å². The van der Waals surface area contributed by atoms with Crippen molar-refractivity contribution in [3.05, 3.63) is 40.1 Å². The lowest BCUT2D eigenvalue weighted by atomic mass is 10.0. The SMILES string of the molecule is COc1ccc2c(c1)CCCN2C(=O)c1sccc1N. The van der Waals surface area contributed by atoms with Gasteiger partial charge in [-0.2, -0.15) is 0 Å². The topological polar surface area (TPSA) is 55.6 Å². The maximum atomic E-state index is 12.6. The Bertz CT molecular complexity index is 651. The first-order valence-electron chi connectivity index (χ1n) is 6.52. The molecule has 1 aromatic carbocycles. The van der Waals surface area contributed by atoms with Crippen molar-refractivity contribution in [1.29, 1.82) is 0 Å². The molecular weight excluding hydrogens is 272 g/mol. The molecule has 3 rings (SSSR count). The monoisotopic (exact) mass is 288 g/mol. The minimum atomic E-state index is -0.0105. The zero-order valence-electron chi connectivity index (χ0n) is 11.3. The van der Waals surface area contributed by atoms with Crippen molar-refractivity contribution >= 4 is 28.6 Å². The molecule has 0 saturated carbocycles. The fourth-order valence-electron chi connectivity index (χ4n) is 2.53. The Balaban J connectivity index is 1.98. The highest BCUT2D eigenvalue weighted by Gasteiger charge is 2.25. The number of anilines is 2. The number of carbonyl (C=O) groups is 1. The van der Waals surface area contributed by atoms with E-state index in [1.54, 1.807) is 13.2 Å². The molecule has 1 amide bonds. The van der Waals surface area contributed by atoms with Crippen LogP contribution in [0.4, 0.5) is 11.4 Å². The van der Waals surface area contributed by atoms with E-state index < -0.39 is 0 Å². The lowest BCUT2D eigenvalue weighted by molar-refractivity contribution is 0.0989. The zero-order chi connectivity index (χ0) is 14.1. The second-order valence-corrected chi connectivity index (χ2v) is 5.68. The van der Waals surface area contributed by atoms with Gasteiger partial charge >= 0.3 is 0 Å². The van der Waals surface area contributed by atoms with Gasteiger partial charge in [0.2, 0.25) is 0 Å². The summed E-state index contributed by atoms with van der Waals surface area (Å²) in [5.74, 6) is 0.817. The van der Waals surface area contributed by atoms with Crippen molar-refractivity contribution < 1.29 is 9.53 Å². The second kappa shape index (κ2) is 5.17. The first-order chi connectivity index (χ1) is 9.70. The van der Waals surface area contributed by atoms with Crippen LogP contribution in [0.15, 0.2) is 29.6 Å². The lowest BCUT2D eigenvalue weighted by Gasteiger charge is -2.29. The van der Waals surface area contributed by atoms with Gasteiger partial charge in [-0.15, -0.1) is 11.3 Å². The molecule has 0 saturated heterocycles. The van der Waals surface area contributed by atoms with Crippen molar-refractivity contribution in [3.63, 3.8) is 0 Å². The van der Waals surface area contributed by atoms with Gasteiger partial charge < -0.3 is 15.4 Å². The number of nitrogen functional groups attached to an aromatic ring is 1. The third-order valence-electron chi connectivity index (χ3n) is 3.54. The maximum absolute atomic E-state index is 12.6. The van der Waals surface area contributed by atoms with E-state index in [1.165, 1.54) is 11.3 Å². The second-order valence-electron chi connectivity index (χ2n) is 4.76. The van der Waals surface area contributed by atoms with Crippen LogP contribution in [-0.4, -0.2) is 19.6 Å². The number of hydrogen-bond donors (Lipinski definition) is 1. The predicted molar refractivity (Wildman–Crippen MR) is 81.7 cm³/mol. The third-order valence-corrected chi connectivity index (χ3v) is 4.46. The summed E-state index contributed by atoms with van der Waals surface area (Å²) in [7, 11) is 1.65. The first kappa shape index (κ1) is 13.0. The van der Waals surface area contributed by atoms with Crippen LogP contribution in [0, 0.1) is 0 Å². The van der Waals surface area contributed by atoms with E-state index >= 15 is 0 Å². The molecule has 2 N–H and O–H groups in total. The van der Waals surface area contributed by atoms with E-state index in [1.807, 2.05) is 28.5 Å². The summed E-state index contributed by atoms with van der Waals surface area (Å²) in [6.07, 6.45) is 1.92. The molecule has 0 aliphatic carbocycles. The minimum Gasteiger partial charge on any atom is -0.497 e. The highest BCUT2D eigenvalue weighted by Crippen LogP contribution is 2.33. The summed E-state index contributed by atoms with van der Waals surface area (Å²) in [6.45, 7) is 0.732. The van der Waals surface area contributed by atoms with Gasteiger partial charge in [-0.3, -0.25) is 4.79 Å². The van der Waals surface area contributed by atoms with Crippen LogP contribution in [0.1, 0.15) is 21.7 Å². The summed E-state index contributed by atoms with van der Waals surface area (Å²) in [5.41, 5.74) is 8.53. The van der Waals surface area contributed by atoms with Gasteiger partial charge in [0.25, 0.3) is 5.91 Å². The Morgan fingerprint density at radius 1 is 1.40 bits per heavy atom. The van der Waals surface area contributed by atoms with Gasteiger partial charge in [0, 0.05) is 12.2 Å². The smallest absolute Gasteiger partial charge is 0.270 e. The van der Waals surface area contributed by atoms with Crippen molar-refractivity contribution in [2.24, 2.45) is 0 Å². The molecule has 5 heteroatoms. The number of benzene rings is 1. The molecular formula is C15H16N2O2S. The number of nitrogens with zero attached hydrogens (tertiary/aromatic N) is 1. The molecule has 0 bridgehead atoms. The number of carbonyl (C=O) groups excluding carboxylic acids is 1. The molecule has 1 aliphatic rings. The summed E-state index contributed by atoms with van der Waals surface area (Å²) < 4.78 is 5.25. The summed E-state index contributed by atoms with van der Waals surface area (Å²) in [6, 6.07) is 7.63. The summed E-state index contributed by atoms with van der Waals surface area (Å²) in [4.78, 5) is 15.1. The summed E-state index contributed by atoms with van der Waals surface area (Å²) >= 11 is 1.39. The highest BCUT2D eigenvalue weighted by atomic mass is 32.1. The Kier molecular flexibility index (Phi) is 3.36. The summed E-state index contributed by atoms with van der Waals surface area (Å²) in [5, 5.41) is 1.85. The molecule has 0 radical (unpaired) electrons. The van der Waals surface area contributed by atoms with Gasteiger partial charge in [-0.05, 0) is 48.1 Å². The van der Waals surface area contributed by atoms with E-state index in [-0.39, 0.29) is 5.91 Å². The van der Waals surface area contributed by atoms with Gasteiger partial charge in [0.1, 0.15) is 10.6 Å². The van der Waals surface area contributed by atoms with Gasteiger partial charge in [0.05, 0.1) is 12.8 Å². The number of hydrogen-bond acceptors (Lipinski definition) is 4. The van der Waals surface area contributed by atoms with Gasteiger partial charge in [-0.25, -0.2) is 0 Å². The van der Waals surface area contributed by atoms with Crippen molar-refractivity contribution in [2.75, 3.05) is 24.3 Å². The molecule has 0 atom stereocenters. The van der Waals surface area contributed by atoms with E-state index in [2.05, 4.69) is 0 Å². The molecule has 2 aromatic rings. The number of thiophene rings is 1. The van der Waals surface area contributed by atoms with Crippen LogP contribution in [0.2, 0.25) is 0 Å². The van der Waals surface area contributed by atoms with E-state index in [0.29, 0.717) is 10.6 Å². The number of methoxy groups -OCH3 is 1. The molecule has 4 nitrogen and oxygen atoms in total. The van der Waals surface area contributed by atoms with Crippen LogP contribution >= 0.6 is 11.3 Å². The molecule has 1 aromatic heterocycles. The highest BCUT2D eigenvalue weighted by molar-refractivity contribution is 7.12. The molecule has 20 heavy (non-hydrogen) atoms. The molecule has 0 fully saturated rings. The Morgan fingerprint density at radius 2 is 2.25 bits per heavy atom. The van der Waals surface area contributed by atoms with Crippen LogP contribution < -0.4 is 15.4 Å². The fraction of sp³-hybridized carbons (Fsp3) is 0.267. The molecule has 2 heterocycles. The average Bonchev–Trinajstić information content (AvgIpc) is 2.91. The minimum absolute atomic E-state index is 0.0105. The van der Waals surface area contributed by atoms with Crippen LogP contribution in [0.5, 0.6) is 5.75 Å². The average molecular weight is 288 g/mol. The predicted octanol–water partition coefficient (Wildman–Crippen LogP) is 2.93. The van der Waals surface area contributed by atoms with Crippen LogP contribution in [0.3, 0.4) is 0 Å². The molecule has 1 aliphatic heterocycles. The van der Waals surface area contributed by atoms with E-state index in [9.17, 15) is 4.79 Å². The van der Waals surface area contributed by atoms with Gasteiger partial charge in [-0.1, -0.05) is 0 Å². The number of amides is 1. The zero-order valence-corrected chi connectivity index (χ0v) is 12.1. The van der Waals surface area contributed by atoms with Crippen LogP contribution in [-0.2, 0) is 6.42 Å². The number of ether oxygens (including phenoxy) is 1. The number of rotatable bonds is 2. The lowest BCUT2D eigenvalue weighted by Crippen LogP contribution is -2.35. The number of aryl methyl sites for hydroxylation is 1. The normalized spacial score (nSPS) is 13.9. The fourth-order valence-corrected chi connectivity index (χ4v) is 3.29. The van der Waals surface area contributed by atoms with Crippen LogP contribution in [0.25, 0.3) is 0 Å². The first-order valence-corrected chi connectivity index (χ1v) is 7.40. The van der Waals surface area contributed by atoms with E-state index in [4.69, 9.17) is 10.5 Å². The maximum Gasteiger partial charge on any atom is 0.270 e.